The second-order valence-electron chi connectivity index (χ2n) is 5.69. The first-order valence-electron chi connectivity index (χ1n) is 7.95. The summed E-state index contributed by atoms with van der Waals surface area (Å²) in [6, 6.07) is 13.8. The molecule has 1 aliphatic heterocycles. The van der Waals surface area contributed by atoms with Crippen molar-refractivity contribution >= 4 is 34.2 Å². The molecule has 132 valence electrons. The van der Waals surface area contributed by atoms with Crippen molar-refractivity contribution in [1.82, 2.24) is 20.2 Å². The Morgan fingerprint density at radius 3 is 2.62 bits per heavy atom. The summed E-state index contributed by atoms with van der Waals surface area (Å²) in [5, 5.41) is 15.3. The Morgan fingerprint density at radius 2 is 1.88 bits per heavy atom. The second kappa shape index (κ2) is 6.94. The van der Waals surface area contributed by atoms with Crippen molar-refractivity contribution < 1.29 is 9.47 Å². The van der Waals surface area contributed by atoms with Gasteiger partial charge in [-0.05, 0) is 62.9 Å². The van der Waals surface area contributed by atoms with Crippen LogP contribution in [0.15, 0.2) is 48.5 Å². The van der Waals surface area contributed by atoms with Crippen LogP contribution in [0.3, 0.4) is 0 Å². The number of nitrogens with zero attached hydrogens (tertiary/aromatic N) is 4. The third kappa shape index (κ3) is 2.90. The standard InChI is InChI=1S/C18H16IN5O2/c1-25-16-5-3-4-13(17(16)26-2)15-10-14(11-6-8-12(19)9-7-11)20-18-21-22-23-24(15)18/h3-10,15H,1-2H3,(H,20,21,23). The van der Waals surface area contributed by atoms with Crippen LogP contribution >= 0.6 is 22.6 Å². The van der Waals surface area contributed by atoms with E-state index in [0.717, 1.165) is 16.8 Å². The smallest absolute Gasteiger partial charge is 0.248 e. The number of tetrazole rings is 1. The monoisotopic (exact) mass is 461 g/mol. The minimum Gasteiger partial charge on any atom is -0.493 e. The van der Waals surface area contributed by atoms with Gasteiger partial charge in [-0.2, -0.15) is 4.68 Å². The number of nitrogens with one attached hydrogen (secondary N) is 1. The van der Waals surface area contributed by atoms with Crippen molar-refractivity contribution in [2.45, 2.75) is 6.04 Å². The third-order valence-corrected chi connectivity index (χ3v) is 4.95. The van der Waals surface area contributed by atoms with Crippen LogP contribution in [0.2, 0.25) is 0 Å². The first-order valence-corrected chi connectivity index (χ1v) is 9.02. The van der Waals surface area contributed by atoms with Crippen molar-refractivity contribution in [3.05, 3.63) is 63.2 Å². The molecule has 26 heavy (non-hydrogen) atoms. The van der Waals surface area contributed by atoms with E-state index in [-0.39, 0.29) is 6.04 Å². The number of allylic oxidation sites excluding steroid dienone is 1. The molecular formula is C18H16IN5O2. The Labute approximate surface area is 164 Å². The Kier molecular flexibility index (Phi) is 4.49. The van der Waals surface area contributed by atoms with Gasteiger partial charge in [-0.1, -0.05) is 29.4 Å². The van der Waals surface area contributed by atoms with E-state index in [4.69, 9.17) is 9.47 Å². The molecule has 0 saturated heterocycles. The van der Waals surface area contributed by atoms with Crippen LogP contribution < -0.4 is 14.8 Å². The van der Waals surface area contributed by atoms with E-state index in [1.165, 1.54) is 3.57 Å². The summed E-state index contributed by atoms with van der Waals surface area (Å²) >= 11 is 2.29. The largest absolute Gasteiger partial charge is 0.493 e. The Bertz CT molecular complexity index is 968. The summed E-state index contributed by atoms with van der Waals surface area (Å²) in [5.41, 5.74) is 2.93. The molecular weight excluding hydrogens is 445 g/mol. The molecule has 2 heterocycles. The highest BCUT2D eigenvalue weighted by atomic mass is 127. The molecule has 7 nitrogen and oxygen atoms in total. The van der Waals surface area contributed by atoms with Crippen LogP contribution in [0.4, 0.5) is 5.95 Å². The van der Waals surface area contributed by atoms with Gasteiger partial charge in [0.15, 0.2) is 11.5 Å². The number of anilines is 1. The van der Waals surface area contributed by atoms with Crippen LogP contribution in [-0.2, 0) is 0 Å². The highest BCUT2D eigenvalue weighted by Crippen LogP contribution is 2.40. The third-order valence-electron chi connectivity index (χ3n) is 4.23. The minimum absolute atomic E-state index is 0.222. The quantitative estimate of drug-likeness (QED) is 0.601. The van der Waals surface area contributed by atoms with Crippen LogP contribution in [0.1, 0.15) is 17.2 Å². The van der Waals surface area contributed by atoms with Crippen molar-refractivity contribution in [2.75, 3.05) is 19.5 Å². The van der Waals surface area contributed by atoms with E-state index in [1.807, 2.05) is 18.2 Å². The Morgan fingerprint density at radius 1 is 1.08 bits per heavy atom. The van der Waals surface area contributed by atoms with Crippen molar-refractivity contribution in [2.24, 2.45) is 0 Å². The summed E-state index contributed by atoms with van der Waals surface area (Å²) in [7, 11) is 3.26. The molecule has 1 aliphatic rings. The number of halogens is 1. The maximum Gasteiger partial charge on any atom is 0.248 e. The number of hydrogen-bond acceptors (Lipinski definition) is 6. The number of methoxy groups -OCH3 is 2. The summed E-state index contributed by atoms with van der Waals surface area (Å²) in [4.78, 5) is 0. The summed E-state index contributed by atoms with van der Waals surface area (Å²) in [5.74, 6) is 1.92. The van der Waals surface area contributed by atoms with Crippen molar-refractivity contribution in [3.63, 3.8) is 0 Å². The van der Waals surface area contributed by atoms with E-state index in [9.17, 15) is 0 Å². The zero-order chi connectivity index (χ0) is 18.1. The molecule has 1 N–H and O–H groups in total. The molecule has 0 radical (unpaired) electrons. The van der Waals surface area contributed by atoms with E-state index in [1.54, 1.807) is 18.9 Å². The molecule has 1 aromatic heterocycles. The van der Waals surface area contributed by atoms with Crippen molar-refractivity contribution in [3.8, 4) is 11.5 Å². The number of fused-ring (bicyclic) bond motifs is 1. The van der Waals surface area contributed by atoms with Gasteiger partial charge in [-0.3, -0.25) is 0 Å². The van der Waals surface area contributed by atoms with Gasteiger partial charge >= 0.3 is 0 Å². The molecule has 0 aliphatic carbocycles. The number of benzene rings is 2. The predicted molar refractivity (Wildman–Crippen MR) is 106 cm³/mol. The normalized spacial score (nSPS) is 15.7. The van der Waals surface area contributed by atoms with Crippen LogP contribution in [0, 0.1) is 3.57 Å². The number of ether oxygens (including phenoxy) is 2. The lowest BCUT2D eigenvalue weighted by molar-refractivity contribution is 0.348. The van der Waals surface area contributed by atoms with E-state index >= 15 is 0 Å². The Hall–Kier alpha value is -2.62. The molecule has 0 amide bonds. The molecule has 1 unspecified atom stereocenters. The molecule has 0 fully saturated rings. The van der Waals surface area contributed by atoms with Gasteiger partial charge in [-0.25, -0.2) is 0 Å². The summed E-state index contributed by atoms with van der Waals surface area (Å²) in [6.07, 6.45) is 2.09. The van der Waals surface area contributed by atoms with Gasteiger partial charge in [-0.15, -0.1) is 0 Å². The summed E-state index contributed by atoms with van der Waals surface area (Å²) < 4.78 is 14.0. The van der Waals surface area contributed by atoms with E-state index in [0.29, 0.717) is 17.4 Å². The predicted octanol–water partition coefficient (Wildman–Crippen LogP) is 3.35. The lowest BCUT2D eigenvalue weighted by Gasteiger charge is -2.25. The zero-order valence-corrected chi connectivity index (χ0v) is 16.3. The van der Waals surface area contributed by atoms with E-state index < -0.39 is 0 Å². The summed E-state index contributed by atoms with van der Waals surface area (Å²) in [6.45, 7) is 0. The fraction of sp³-hybridized carbons (Fsp3) is 0.167. The van der Waals surface area contributed by atoms with Crippen LogP contribution in [0.25, 0.3) is 5.70 Å². The highest BCUT2D eigenvalue weighted by Gasteiger charge is 2.27. The average molecular weight is 461 g/mol. The maximum absolute atomic E-state index is 5.61. The maximum atomic E-state index is 5.61. The zero-order valence-electron chi connectivity index (χ0n) is 14.2. The van der Waals surface area contributed by atoms with Gasteiger partial charge in [0.05, 0.1) is 14.2 Å². The topological polar surface area (TPSA) is 74.1 Å². The molecule has 1 atom stereocenters. The lowest BCUT2D eigenvalue weighted by atomic mass is 10.0. The number of para-hydroxylation sites is 1. The first kappa shape index (κ1) is 16.8. The van der Waals surface area contributed by atoms with Gasteiger partial charge in [0.2, 0.25) is 5.95 Å². The number of rotatable bonds is 4. The molecule has 2 aromatic carbocycles. The van der Waals surface area contributed by atoms with Gasteiger partial charge in [0.25, 0.3) is 0 Å². The Balaban J connectivity index is 1.85. The van der Waals surface area contributed by atoms with Gasteiger partial charge in [0.1, 0.15) is 6.04 Å². The molecule has 0 bridgehead atoms. The average Bonchev–Trinajstić information content (AvgIpc) is 3.15. The van der Waals surface area contributed by atoms with Gasteiger partial charge < -0.3 is 14.8 Å². The number of hydrogen-bond donors (Lipinski definition) is 1. The lowest BCUT2D eigenvalue weighted by Crippen LogP contribution is -2.20. The SMILES string of the molecule is COc1cccc(C2C=C(c3ccc(I)cc3)Nc3nnnn32)c1OC. The molecule has 4 rings (SSSR count). The van der Waals surface area contributed by atoms with Crippen molar-refractivity contribution in [1.29, 1.82) is 0 Å². The molecule has 8 heteroatoms. The highest BCUT2D eigenvalue weighted by molar-refractivity contribution is 14.1. The molecule has 3 aromatic rings. The number of aromatic nitrogens is 4. The second-order valence-corrected chi connectivity index (χ2v) is 6.93. The fourth-order valence-corrected chi connectivity index (χ4v) is 3.38. The fourth-order valence-electron chi connectivity index (χ4n) is 3.02. The molecule has 0 spiro atoms. The van der Waals surface area contributed by atoms with Crippen LogP contribution in [0.5, 0.6) is 11.5 Å². The van der Waals surface area contributed by atoms with E-state index in [2.05, 4.69) is 73.8 Å². The molecule has 0 saturated carbocycles. The first-order chi connectivity index (χ1) is 12.7. The minimum atomic E-state index is -0.222. The van der Waals surface area contributed by atoms with Gasteiger partial charge in [0, 0.05) is 14.8 Å². The van der Waals surface area contributed by atoms with Crippen LogP contribution in [-0.4, -0.2) is 34.4 Å².